The van der Waals surface area contributed by atoms with E-state index in [0.29, 0.717) is 11.3 Å². The molecule has 0 atom stereocenters. The summed E-state index contributed by atoms with van der Waals surface area (Å²) in [7, 11) is -3.28. The van der Waals surface area contributed by atoms with Gasteiger partial charge in [0.1, 0.15) is 12.4 Å². The van der Waals surface area contributed by atoms with Gasteiger partial charge in [-0.3, -0.25) is 4.79 Å². The molecule has 1 amide bonds. The second kappa shape index (κ2) is 6.97. The fraction of sp³-hybridized carbons (Fsp3) is 0.417. The quantitative estimate of drug-likeness (QED) is 0.535. The molecular weight excluding hydrogens is 320 g/mol. The zero-order valence-corrected chi connectivity index (χ0v) is 13.4. The standard InChI is InChI=1S/C12H17ClN2O5S/c1-7-10(20-5-4-14-21(3,18)19)6-9(15-8(2)16)12(17)11(7)13/h6,14,17H,4-5H2,1-3H3,(H,15,16). The third-order valence-electron chi connectivity index (χ3n) is 2.47. The molecule has 0 aliphatic carbocycles. The number of anilines is 1. The lowest BCUT2D eigenvalue weighted by molar-refractivity contribution is -0.114. The Bertz CT molecular complexity index is 646. The van der Waals surface area contributed by atoms with Gasteiger partial charge in [-0.05, 0) is 6.92 Å². The van der Waals surface area contributed by atoms with Gasteiger partial charge in [-0.15, -0.1) is 0 Å². The van der Waals surface area contributed by atoms with Crippen LogP contribution in [0.5, 0.6) is 11.5 Å². The number of sulfonamides is 1. The van der Waals surface area contributed by atoms with E-state index >= 15 is 0 Å². The Morgan fingerprint density at radius 2 is 2.10 bits per heavy atom. The van der Waals surface area contributed by atoms with E-state index in [2.05, 4.69) is 10.0 Å². The van der Waals surface area contributed by atoms with Crippen molar-refractivity contribution in [1.82, 2.24) is 4.72 Å². The predicted octanol–water partition coefficient (Wildman–Crippen LogP) is 1.24. The normalized spacial score (nSPS) is 11.2. The summed E-state index contributed by atoms with van der Waals surface area (Å²) in [6.45, 7) is 3.10. The van der Waals surface area contributed by atoms with E-state index in [1.54, 1.807) is 6.92 Å². The molecule has 118 valence electrons. The van der Waals surface area contributed by atoms with E-state index in [4.69, 9.17) is 16.3 Å². The zero-order chi connectivity index (χ0) is 16.2. The van der Waals surface area contributed by atoms with Crippen molar-refractivity contribution in [3.05, 3.63) is 16.7 Å². The smallest absolute Gasteiger partial charge is 0.221 e. The number of benzene rings is 1. The van der Waals surface area contributed by atoms with Crippen LogP contribution in [0.4, 0.5) is 5.69 Å². The molecule has 21 heavy (non-hydrogen) atoms. The molecule has 0 aliphatic rings. The van der Waals surface area contributed by atoms with Crippen LogP contribution in [0.15, 0.2) is 6.07 Å². The van der Waals surface area contributed by atoms with Crippen LogP contribution in [-0.2, 0) is 14.8 Å². The van der Waals surface area contributed by atoms with Crippen molar-refractivity contribution >= 4 is 33.2 Å². The monoisotopic (exact) mass is 336 g/mol. The molecule has 0 unspecified atom stereocenters. The minimum Gasteiger partial charge on any atom is -0.504 e. The van der Waals surface area contributed by atoms with Crippen LogP contribution < -0.4 is 14.8 Å². The van der Waals surface area contributed by atoms with Crippen molar-refractivity contribution in [3.63, 3.8) is 0 Å². The molecular formula is C12H17ClN2O5S. The Kier molecular flexibility index (Phi) is 5.82. The number of nitrogens with one attached hydrogen (secondary N) is 2. The summed E-state index contributed by atoms with van der Waals surface area (Å²) in [4.78, 5) is 11.1. The lowest BCUT2D eigenvalue weighted by Gasteiger charge is -2.15. The predicted molar refractivity (Wildman–Crippen MR) is 80.5 cm³/mol. The summed E-state index contributed by atoms with van der Waals surface area (Å²) in [6, 6.07) is 1.43. The number of hydrogen-bond donors (Lipinski definition) is 3. The van der Waals surface area contributed by atoms with Crippen LogP contribution in [0.25, 0.3) is 0 Å². The van der Waals surface area contributed by atoms with Crippen LogP contribution in [0.1, 0.15) is 12.5 Å². The lowest BCUT2D eigenvalue weighted by atomic mass is 10.1. The fourth-order valence-corrected chi connectivity index (χ4v) is 2.18. The molecule has 1 aromatic rings. The maximum absolute atomic E-state index is 11.1. The number of rotatable bonds is 6. The molecule has 0 spiro atoms. The van der Waals surface area contributed by atoms with E-state index in [1.807, 2.05) is 0 Å². The van der Waals surface area contributed by atoms with Gasteiger partial charge in [-0.1, -0.05) is 11.6 Å². The highest BCUT2D eigenvalue weighted by Gasteiger charge is 2.15. The summed E-state index contributed by atoms with van der Waals surface area (Å²) in [5.74, 6) is -0.266. The highest BCUT2D eigenvalue weighted by molar-refractivity contribution is 7.88. The van der Waals surface area contributed by atoms with Crippen molar-refractivity contribution in [2.24, 2.45) is 0 Å². The van der Waals surface area contributed by atoms with Crippen molar-refractivity contribution in [3.8, 4) is 11.5 Å². The minimum absolute atomic E-state index is 0.0623. The lowest BCUT2D eigenvalue weighted by Crippen LogP contribution is -2.27. The van der Waals surface area contributed by atoms with Gasteiger partial charge in [-0.25, -0.2) is 13.1 Å². The number of aromatic hydroxyl groups is 1. The Labute approximate surface area is 128 Å². The van der Waals surface area contributed by atoms with Gasteiger partial charge < -0.3 is 15.2 Å². The maximum Gasteiger partial charge on any atom is 0.221 e. The van der Waals surface area contributed by atoms with Gasteiger partial charge in [0.2, 0.25) is 15.9 Å². The first-order valence-electron chi connectivity index (χ1n) is 5.99. The SMILES string of the molecule is CC(=O)Nc1cc(OCCNS(C)(=O)=O)c(C)c(Cl)c1O. The molecule has 7 nitrogen and oxygen atoms in total. The number of hydrogen-bond acceptors (Lipinski definition) is 5. The van der Waals surface area contributed by atoms with Gasteiger partial charge in [0.15, 0.2) is 5.75 Å². The van der Waals surface area contributed by atoms with Crippen molar-refractivity contribution in [2.45, 2.75) is 13.8 Å². The maximum atomic E-state index is 11.1. The Balaban J connectivity index is 2.86. The van der Waals surface area contributed by atoms with E-state index in [1.165, 1.54) is 13.0 Å². The highest BCUT2D eigenvalue weighted by Crippen LogP contribution is 2.40. The van der Waals surface area contributed by atoms with Crippen LogP contribution in [0.3, 0.4) is 0 Å². The molecule has 0 aromatic heterocycles. The number of phenolic OH excluding ortho intramolecular Hbond substituents is 1. The summed E-state index contributed by atoms with van der Waals surface area (Å²) < 4.78 is 29.5. The third-order valence-corrected chi connectivity index (χ3v) is 3.66. The van der Waals surface area contributed by atoms with Gasteiger partial charge in [-0.2, -0.15) is 0 Å². The first-order valence-corrected chi connectivity index (χ1v) is 8.26. The highest BCUT2D eigenvalue weighted by atomic mass is 35.5. The molecule has 3 N–H and O–H groups in total. The molecule has 0 saturated carbocycles. The average Bonchev–Trinajstić information content (AvgIpc) is 2.35. The van der Waals surface area contributed by atoms with E-state index in [0.717, 1.165) is 6.26 Å². The van der Waals surface area contributed by atoms with Gasteiger partial charge in [0.05, 0.1) is 17.0 Å². The molecule has 0 fully saturated rings. The number of carbonyl (C=O) groups excluding carboxylic acids is 1. The van der Waals surface area contributed by atoms with Crippen LogP contribution in [0.2, 0.25) is 5.02 Å². The van der Waals surface area contributed by atoms with Gasteiger partial charge in [0.25, 0.3) is 0 Å². The van der Waals surface area contributed by atoms with E-state index < -0.39 is 10.0 Å². The molecule has 0 saturated heterocycles. The first-order chi connectivity index (χ1) is 9.61. The van der Waals surface area contributed by atoms with Crippen molar-refractivity contribution in [1.29, 1.82) is 0 Å². The molecule has 1 rings (SSSR count). The fourth-order valence-electron chi connectivity index (χ4n) is 1.53. The first kappa shape index (κ1) is 17.5. The molecule has 0 heterocycles. The van der Waals surface area contributed by atoms with E-state index in [-0.39, 0.29) is 35.5 Å². The zero-order valence-electron chi connectivity index (χ0n) is 11.9. The Hall–Kier alpha value is -1.51. The number of halogens is 1. The largest absolute Gasteiger partial charge is 0.504 e. The molecule has 9 heteroatoms. The number of phenols is 1. The van der Waals surface area contributed by atoms with Crippen LogP contribution >= 0.6 is 11.6 Å². The second-order valence-corrected chi connectivity index (χ2v) is 6.62. The summed E-state index contributed by atoms with van der Waals surface area (Å²) >= 11 is 5.96. The summed E-state index contributed by atoms with van der Waals surface area (Å²) in [5.41, 5.74) is 0.617. The minimum atomic E-state index is -3.28. The Morgan fingerprint density at radius 3 is 2.62 bits per heavy atom. The number of amides is 1. The summed E-state index contributed by atoms with van der Waals surface area (Å²) in [6.07, 6.45) is 1.05. The summed E-state index contributed by atoms with van der Waals surface area (Å²) in [5, 5.41) is 12.3. The van der Waals surface area contributed by atoms with Crippen molar-refractivity contribution < 1.29 is 23.1 Å². The molecule has 1 aromatic carbocycles. The molecule has 0 aliphatic heterocycles. The van der Waals surface area contributed by atoms with E-state index in [9.17, 15) is 18.3 Å². The van der Waals surface area contributed by atoms with Gasteiger partial charge in [0, 0.05) is 25.1 Å². The average molecular weight is 337 g/mol. The van der Waals surface area contributed by atoms with Crippen molar-refractivity contribution in [2.75, 3.05) is 24.7 Å². The topological polar surface area (TPSA) is 105 Å². The number of carbonyl (C=O) groups is 1. The second-order valence-electron chi connectivity index (χ2n) is 4.41. The molecule has 0 bridgehead atoms. The number of ether oxygens (including phenoxy) is 1. The molecule has 0 radical (unpaired) electrons. The Morgan fingerprint density at radius 1 is 1.48 bits per heavy atom. The van der Waals surface area contributed by atoms with Crippen LogP contribution in [-0.4, -0.2) is 38.8 Å². The third kappa shape index (κ3) is 5.41. The van der Waals surface area contributed by atoms with Gasteiger partial charge >= 0.3 is 0 Å². The van der Waals surface area contributed by atoms with Crippen LogP contribution in [0, 0.1) is 6.92 Å².